The SMILES string of the molecule is CCC1OCCC1C(N)C1CC1. The fourth-order valence-corrected chi connectivity index (χ4v) is 2.36. The van der Waals surface area contributed by atoms with Crippen LogP contribution in [0.2, 0.25) is 0 Å². The predicted molar refractivity (Wildman–Crippen MR) is 48.8 cm³/mol. The van der Waals surface area contributed by atoms with Gasteiger partial charge in [-0.1, -0.05) is 6.92 Å². The van der Waals surface area contributed by atoms with Gasteiger partial charge < -0.3 is 10.5 Å². The van der Waals surface area contributed by atoms with Crippen LogP contribution in [-0.2, 0) is 4.74 Å². The molecular formula is C10H19NO. The Morgan fingerprint density at radius 1 is 1.42 bits per heavy atom. The molecular weight excluding hydrogens is 150 g/mol. The molecule has 0 aromatic rings. The molecule has 0 amide bonds. The summed E-state index contributed by atoms with van der Waals surface area (Å²) >= 11 is 0. The van der Waals surface area contributed by atoms with Crippen molar-refractivity contribution in [1.29, 1.82) is 0 Å². The fourth-order valence-electron chi connectivity index (χ4n) is 2.36. The number of hydrogen-bond donors (Lipinski definition) is 1. The van der Waals surface area contributed by atoms with Gasteiger partial charge in [-0.15, -0.1) is 0 Å². The largest absolute Gasteiger partial charge is 0.378 e. The summed E-state index contributed by atoms with van der Waals surface area (Å²) in [7, 11) is 0. The lowest BCUT2D eigenvalue weighted by Crippen LogP contribution is -2.36. The Bertz CT molecular complexity index is 156. The maximum Gasteiger partial charge on any atom is 0.0616 e. The highest BCUT2D eigenvalue weighted by molar-refractivity contribution is 4.93. The van der Waals surface area contributed by atoms with Gasteiger partial charge in [-0.3, -0.25) is 0 Å². The Morgan fingerprint density at radius 2 is 2.17 bits per heavy atom. The van der Waals surface area contributed by atoms with E-state index in [1.165, 1.54) is 19.3 Å². The maximum absolute atomic E-state index is 6.17. The molecule has 1 aliphatic carbocycles. The normalized spacial score (nSPS) is 38.5. The second kappa shape index (κ2) is 3.35. The molecule has 2 rings (SSSR count). The van der Waals surface area contributed by atoms with E-state index < -0.39 is 0 Å². The molecule has 12 heavy (non-hydrogen) atoms. The van der Waals surface area contributed by atoms with E-state index in [2.05, 4.69) is 6.92 Å². The van der Waals surface area contributed by atoms with Crippen LogP contribution in [0.5, 0.6) is 0 Å². The van der Waals surface area contributed by atoms with Gasteiger partial charge in [0.05, 0.1) is 6.10 Å². The first-order chi connectivity index (χ1) is 5.83. The summed E-state index contributed by atoms with van der Waals surface area (Å²) in [6.45, 7) is 3.13. The van der Waals surface area contributed by atoms with Gasteiger partial charge in [0.25, 0.3) is 0 Å². The van der Waals surface area contributed by atoms with Gasteiger partial charge in [-0.05, 0) is 31.6 Å². The molecule has 0 spiro atoms. The number of ether oxygens (including phenoxy) is 1. The topological polar surface area (TPSA) is 35.2 Å². The van der Waals surface area contributed by atoms with Crippen LogP contribution in [-0.4, -0.2) is 18.8 Å². The van der Waals surface area contributed by atoms with Crippen LogP contribution in [0.25, 0.3) is 0 Å². The average Bonchev–Trinajstić information content (AvgIpc) is 2.82. The number of rotatable bonds is 3. The smallest absolute Gasteiger partial charge is 0.0616 e. The molecule has 1 saturated carbocycles. The van der Waals surface area contributed by atoms with E-state index in [4.69, 9.17) is 10.5 Å². The second-order valence-corrected chi connectivity index (χ2v) is 4.18. The highest BCUT2D eigenvalue weighted by atomic mass is 16.5. The van der Waals surface area contributed by atoms with Crippen LogP contribution < -0.4 is 5.73 Å². The Labute approximate surface area is 74.5 Å². The number of nitrogens with two attached hydrogens (primary N) is 1. The van der Waals surface area contributed by atoms with Gasteiger partial charge >= 0.3 is 0 Å². The standard InChI is InChI=1S/C10H19NO/c1-2-9-8(5-6-12-9)10(11)7-3-4-7/h7-10H,2-6,11H2,1H3. The van der Waals surface area contributed by atoms with E-state index in [-0.39, 0.29) is 0 Å². The third-order valence-electron chi connectivity index (χ3n) is 3.32. The van der Waals surface area contributed by atoms with E-state index in [1.54, 1.807) is 0 Å². The van der Waals surface area contributed by atoms with E-state index in [9.17, 15) is 0 Å². The molecule has 70 valence electrons. The maximum atomic E-state index is 6.17. The van der Waals surface area contributed by atoms with Crippen LogP contribution >= 0.6 is 0 Å². The summed E-state index contributed by atoms with van der Waals surface area (Å²) in [5, 5.41) is 0. The van der Waals surface area contributed by atoms with Gasteiger partial charge in [0.2, 0.25) is 0 Å². The minimum Gasteiger partial charge on any atom is -0.378 e. The highest BCUT2D eigenvalue weighted by Crippen LogP contribution is 2.39. The zero-order chi connectivity index (χ0) is 8.55. The van der Waals surface area contributed by atoms with Crippen LogP contribution in [0.1, 0.15) is 32.6 Å². The molecule has 1 saturated heterocycles. The molecule has 3 unspecified atom stereocenters. The summed E-state index contributed by atoms with van der Waals surface area (Å²) in [4.78, 5) is 0. The van der Waals surface area contributed by atoms with E-state index in [1.807, 2.05) is 0 Å². The van der Waals surface area contributed by atoms with Gasteiger partial charge in [-0.25, -0.2) is 0 Å². The fraction of sp³-hybridized carbons (Fsp3) is 1.00. The lowest BCUT2D eigenvalue weighted by molar-refractivity contribution is 0.0794. The van der Waals surface area contributed by atoms with E-state index in [0.29, 0.717) is 18.1 Å². The summed E-state index contributed by atoms with van der Waals surface area (Å²) < 4.78 is 5.63. The molecule has 2 N–H and O–H groups in total. The van der Waals surface area contributed by atoms with Crippen molar-refractivity contribution in [2.75, 3.05) is 6.61 Å². The molecule has 1 aliphatic heterocycles. The summed E-state index contributed by atoms with van der Waals surface area (Å²) in [5.41, 5.74) is 6.17. The van der Waals surface area contributed by atoms with Gasteiger partial charge in [0, 0.05) is 18.6 Å². The monoisotopic (exact) mass is 169 g/mol. The van der Waals surface area contributed by atoms with Gasteiger partial charge in [0.15, 0.2) is 0 Å². The third kappa shape index (κ3) is 1.50. The first kappa shape index (κ1) is 8.52. The number of hydrogen-bond acceptors (Lipinski definition) is 2. The van der Waals surface area contributed by atoms with Crippen molar-refractivity contribution >= 4 is 0 Å². The third-order valence-corrected chi connectivity index (χ3v) is 3.32. The molecule has 0 bridgehead atoms. The van der Waals surface area contributed by atoms with Crippen molar-refractivity contribution in [2.24, 2.45) is 17.6 Å². The first-order valence-electron chi connectivity index (χ1n) is 5.20. The van der Waals surface area contributed by atoms with E-state index >= 15 is 0 Å². The average molecular weight is 169 g/mol. The summed E-state index contributed by atoms with van der Waals surface area (Å²) in [6, 6.07) is 0.428. The van der Waals surface area contributed by atoms with Gasteiger partial charge in [0.1, 0.15) is 0 Å². The molecule has 3 atom stereocenters. The van der Waals surface area contributed by atoms with Crippen molar-refractivity contribution in [3.63, 3.8) is 0 Å². The van der Waals surface area contributed by atoms with Crippen molar-refractivity contribution < 1.29 is 4.74 Å². The van der Waals surface area contributed by atoms with E-state index in [0.717, 1.165) is 18.9 Å². The lowest BCUT2D eigenvalue weighted by atomic mass is 9.89. The van der Waals surface area contributed by atoms with Crippen molar-refractivity contribution in [3.05, 3.63) is 0 Å². The van der Waals surface area contributed by atoms with Crippen LogP contribution in [0.4, 0.5) is 0 Å². The van der Waals surface area contributed by atoms with Crippen LogP contribution in [0.15, 0.2) is 0 Å². The van der Waals surface area contributed by atoms with Crippen molar-refractivity contribution in [2.45, 2.75) is 44.8 Å². The zero-order valence-electron chi connectivity index (χ0n) is 7.83. The molecule has 0 radical (unpaired) electrons. The zero-order valence-corrected chi connectivity index (χ0v) is 7.83. The molecule has 2 aliphatic rings. The molecule has 2 heteroatoms. The predicted octanol–water partition coefficient (Wildman–Crippen LogP) is 1.54. The minimum atomic E-state index is 0.428. The highest BCUT2D eigenvalue weighted by Gasteiger charge is 2.39. The molecule has 0 aromatic carbocycles. The molecule has 2 fully saturated rings. The van der Waals surface area contributed by atoms with Crippen molar-refractivity contribution in [3.8, 4) is 0 Å². The minimum absolute atomic E-state index is 0.428. The lowest BCUT2D eigenvalue weighted by Gasteiger charge is -2.23. The summed E-state index contributed by atoms with van der Waals surface area (Å²) in [6.07, 6.45) is 5.49. The molecule has 1 heterocycles. The second-order valence-electron chi connectivity index (χ2n) is 4.18. The Balaban J connectivity index is 1.91. The first-order valence-corrected chi connectivity index (χ1v) is 5.20. The quantitative estimate of drug-likeness (QED) is 0.695. The Hall–Kier alpha value is -0.0800. The Kier molecular flexibility index (Phi) is 2.37. The van der Waals surface area contributed by atoms with Crippen molar-refractivity contribution in [1.82, 2.24) is 0 Å². The van der Waals surface area contributed by atoms with Crippen LogP contribution in [0, 0.1) is 11.8 Å². The van der Waals surface area contributed by atoms with Gasteiger partial charge in [-0.2, -0.15) is 0 Å². The molecule has 0 aromatic heterocycles. The summed E-state index contributed by atoms with van der Waals surface area (Å²) in [5.74, 6) is 1.48. The molecule has 2 nitrogen and oxygen atoms in total. The van der Waals surface area contributed by atoms with Crippen LogP contribution in [0.3, 0.4) is 0 Å². The Morgan fingerprint density at radius 3 is 2.75 bits per heavy atom.